The molecule has 3 atom stereocenters. The Kier molecular flexibility index (Phi) is 4.44. The van der Waals surface area contributed by atoms with Gasteiger partial charge in [-0.25, -0.2) is 8.78 Å². The van der Waals surface area contributed by atoms with E-state index < -0.39 is 17.4 Å². The van der Waals surface area contributed by atoms with Crippen LogP contribution in [-0.2, 0) is 11.2 Å². The number of hydrogen-bond donors (Lipinski definition) is 1. The van der Waals surface area contributed by atoms with Crippen molar-refractivity contribution in [2.24, 2.45) is 5.41 Å². The summed E-state index contributed by atoms with van der Waals surface area (Å²) in [6, 6.07) is 7.41. The fraction of sp³-hybridized carbons (Fsp3) is 0.571. The van der Waals surface area contributed by atoms with Gasteiger partial charge in [-0.05, 0) is 30.9 Å². The highest BCUT2D eigenvalue weighted by Gasteiger charge is 2.73. The van der Waals surface area contributed by atoms with E-state index in [0.29, 0.717) is 31.9 Å². The van der Waals surface area contributed by atoms with Crippen LogP contribution < -0.4 is 10.1 Å². The summed E-state index contributed by atoms with van der Waals surface area (Å²) < 4.78 is 38.8. The Labute approximate surface area is 172 Å². The Balaban J connectivity index is 1.23. The smallest absolute Gasteiger partial charge is 0.316 e. The van der Waals surface area contributed by atoms with E-state index in [1.807, 2.05) is 31.2 Å². The van der Waals surface area contributed by atoms with Crippen molar-refractivity contribution in [3.8, 4) is 5.75 Å². The predicted octanol–water partition coefficient (Wildman–Crippen LogP) is 3.24. The van der Waals surface area contributed by atoms with Gasteiger partial charge >= 0.3 is 6.01 Å². The van der Waals surface area contributed by atoms with Crippen molar-refractivity contribution >= 4 is 11.9 Å². The molecular formula is C21H24F2N4O3. The normalized spacial score (nSPS) is 27.4. The molecule has 2 aliphatic heterocycles. The number of alkyl halides is 2. The minimum absolute atomic E-state index is 0.0609. The van der Waals surface area contributed by atoms with Crippen molar-refractivity contribution in [1.29, 1.82) is 0 Å². The maximum absolute atomic E-state index is 13.6. The first kappa shape index (κ1) is 19.3. The van der Waals surface area contributed by atoms with Crippen LogP contribution in [0.4, 0.5) is 14.8 Å². The molecule has 1 aliphatic carbocycles. The third-order valence-electron chi connectivity index (χ3n) is 6.55. The second kappa shape index (κ2) is 6.92. The standard InChI is InChI=1S/C21H24F2N4O3/c1-2-15(18(28)27-8-7-20(12-27)11-21(20,22)23)24-19-26-25-17(30-19)14-9-13-5-3-4-6-16(13)29-10-14/h3-6,14-15H,2,7-12H2,1H3,(H,24,26)/t14-,15+,20+/m1/s1. The third-order valence-corrected chi connectivity index (χ3v) is 6.55. The van der Waals surface area contributed by atoms with Crippen molar-refractivity contribution in [2.75, 3.05) is 25.0 Å². The van der Waals surface area contributed by atoms with Crippen LogP contribution in [0.1, 0.15) is 43.6 Å². The van der Waals surface area contributed by atoms with Gasteiger partial charge in [0.05, 0.1) is 11.3 Å². The number of aromatic nitrogens is 2. The second-order valence-corrected chi connectivity index (χ2v) is 8.54. The molecule has 1 N–H and O–H groups in total. The lowest BCUT2D eigenvalue weighted by Gasteiger charge is -2.23. The molecule has 1 saturated heterocycles. The zero-order valence-electron chi connectivity index (χ0n) is 16.7. The fourth-order valence-electron chi connectivity index (χ4n) is 4.54. The Morgan fingerprint density at radius 3 is 2.90 bits per heavy atom. The summed E-state index contributed by atoms with van der Waals surface area (Å²) in [4.78, 5) is 14.4. The average molecular weight is 418 g/mol. The lowest BCUT2D eigenvalue weighted by atomic mass is 9.97. The summed E-state index contributed by atoms with van der Waals surface area (Å²) in [6.45, 7) is 2.78. The summed E-state index contributed by atoms with van der Waals surface area (Å²) in [5.41, 5.74) is 0.0819. The van der Waals surface area contributed by atoms with E-state index in [-0.39, 0.29) is 30.8 Å². The minimum atomic E-state index is -2.64. The number of nitrogens with one attached hydrogen (secondary N) is 1. The highest BCUT2D eigenvalue weighted by atomic mass is 19.3. The molecule has 2 fully saturated rings. The van der Waals surface area contributed by atoms with Gasteiger partial charge in [-0.2, -0.15) is 0 Å². The van der Waals surface area contributed by atoms with E-state index in [9.17, 15) is 13.6 Å². The molecule has 0 radical (unpaired) electrons. The summed E-state index contributed by atoms with van der Waals surface area (Å²) >= 11 is 0. The van der Waals surface area contributed by atoms with Crippen LogP contribution in [0.3, 0.4) is 0 Å². The maximum atomic E-state index is 13.6. The molecule has 0 unspecified atom stereocenters. The van der Waals surface area contributed by atoms with E-state index in [1.54, 1.807) is 0 Å². The molecule has 5 rings (SSSR count). The molecule has 7 nitrogen and oxygen atoms in total. The van der Waals surface area contributed by atoms with E-state index in [4.69, 9.17) is 9.15 Å². The number of carbonyl (C=O) groups is 1. The van der Waals surface area contributed by atoms with Crippen molar-refractivity contribution in [2.45, 2.75) is 50.5 Å². The zero-order chi connectivity index (χ0) is 20.9. The number of ether oxygens (including phenoxy) is 1. The van der Waals surface area contributed by atoms with E-state index in [0.717, 1.165) is 17.7 Å². The van der Waals surface area contributed by atoms with Crippen molar-refractivity contribution in [3.05, 3.63) is 35.7 Å². The number of halogens is 2. The maximum Gasteiger partial charge on any atom is 0.316 e. The Hall–Kier alpha value is -2.71. The van der Waals surface area contributed by atoms with Crippen LogP contribution in [0.5, 0.6) is 5.75 Å². The van der Waals surface area contributed by atoms with Gasteiger partial charge in [0.2, 0.25) is 11.8 Å². The first-order valence-corrected chi connectivity index (χ1v) is 10.4. The molecule has 1 amide bonds. The second-order valence-electron chi connectivity index (χ2n) is 8.54. The molecule has 2 aromatic rings. The molecule has 160 valence electrons. The van der Waals surface area contributed by atoms with Gasteiger partial charge in [0, 0.05) is 19.5 Å². The summed E-state index contributed by atoms with van der Waals surface area (Å²) in [6.07, 6.45) is 1.46. The predicted molar refractivity (Wildman–Crippen MR) is 104 cm³/mol. The molecule has 1 aromatic carbocycles. The van der Waals surface area contributed by atoms with E-state index >= 15 is 0 Å². The molecule has 0 bridgehead atoms. The zero-order valence-corrected chi connectivity index (χ0v) is 16.7. The Bertz CT molecular complexity index is 965. The van der Waals surface area contributed by atoms with Crippen LogP contribution in [-0.4, -0.2) is 52.7 Å². The van der Waals surface area contributed by atoms with Gasteiger partial charge in [0.1, 0.15) is 18.4 Å². The summed E-state index contributed by atoms with van der Waals surface area (Å²) in [7, 11) is 0. The van der Waals surface area contributed by atoms with E-state index in [2.05, 4.69) is 15.5 Å². The molecule has 3 heterocycles. The number of hydrogen-bond acceptors (Lipinski definition) is 6. The number of likely N-dealkylation sites (tertiary alicyclic amines) is 1. The number of carbonyl (C=O) groups excluding carboxylic acids is 1. The van der Waals surface area contributed by atoms with Gasteiger partial charge in [-0.1, -0.05) is 30.2 Å². The quantitative estimate of drug-likeness (QED) is 0.803. The Morgan fingerprint density at radius 2 is 2.17 bits per heavy atom. The third kappa shape index (κ3) is 3.20. The monoisotopic (exact) mass is 418 g/mol. The van der Waals surface area contributed by atoms with Crippen LogP contribution in [0.2, 0.25) is 0 Å². The molecule has 30 heavy (non-hydrogen) atoms. The van der Waals surface area contributed by atoms with Crippen LogP contribution in [0.15, 0.2) is 28.7 Å². The fourth-order valence-corrected chi connectivity index (χ4v) is 4.54. The average Bonchev–Trinajstić information content (AvgIpc) is 3.14. The van der Waals surface area contributed by atoms with Crippen molar-refractivity contribution < 1.29 is 22.7 Å². The number of nitrogens with zero attached hydrogens (tertiary/aromatic N) is 3. The van der Waals surface area contributed by atoms with Crippen molar-refractivity contribution in [3.63, 3.8) is 0 Å². The first-order valence-electron chi connectivity index (χ1n) is 10.4. The Morgan fingerprint density at radius 1 is 1.37 bits per heavy atom. The minimum Gasteiger partial charge on any atom is -0.492 e. The number of rotatable bonds is 5. The molecule has 1 saturated carbocycles. The van der Waals surface area contributed by atoms with E-state index in [1.165, 1.54) is 4.90 Å². The molecule has 9 heteroatoms. The number of amides is 1. The van der Waals surface area contributed by atoms with Gasteiger partial charge in [-0.15, -0.1) is 5.10 Å². The topological polar surface area (TPSA) is 80.5 Å². The molecular weight excluding hydrogens is 394 g/mol. The molecule has 1 spiro atoms. The molecule has 3 aliphatic rings. The SMILES string of the molecule is CC[C@H](Nc1nnc([C@H]2COc3ccccc3C2)o1)C(=O)N1CC[C@@]2(C1)CC2(F)F. The lowest BCUT2D eigenvalue weighted by Crippen LogP contribution is -2.42. The van der Waals surface area contributed by atoms with Gasteiger partial charge < -0.3 is 19.4 Å². The number of benzene rings is 1. The molecule has 1 aromatic heterocycles. The number of fused-ring (bicyclic) bond motifs is 1. The van der Waals surface area contributed by atoms with Crippen LogP contribution in [0, 0.1) is 5.41 Å². The summed E-state index contributed by atoms with van der Waals surface area (Å²) in [5.74, 6) is -1.58. The summed E-state index contributed by atoms with van der Waals surface area (Å²) in [5, 5.41) is 11.2. The first-order chi connectivity index (χ1) is 14.4. The van der Waals surface area contributed by atoms with Gasteiger partial charge in [0.25, 0.3) is 5.92 Å². The van der Waals surface area contributed by atoms with Gasteiger partial charge in [-0.3, -0.25) is 4.79 Å². The highest BCUT2D eigenvalue weighted by Crippen LogP contribution is 2.65. The number of para-hydroxylation sites is 1. The van der Waals surface area contributed by atoms with Crippen LogP contribution in [0.25, 0.3) is 0 Å². The van der Waals surface area contributed by atoms with Crippen molar-refractivity contribution in [1.82, 2.24) is 15.1 Å². The number of anilines is 1. The van der Waals surface area contributed by atoms with Crippen LogP contribution >= 0.6 is 0 Å². The van der Waals surface area contributed by atoms with Gasteiger partial charge in [0.15, 0.2) is 0 Å². The largest absolute Gasteiger partial charge is 0.492 e. The lowest BCUT2D eigenvalue weighted by molar-refractivity contribution is -0.131. The highest BCUT2D eigenvalue weighted by molar-refractivity contribution is 5.84.